The van der Waals surface area contributed by atoms with Crippen LogP contribution in [0.4, 0.5) is 17.1 Å². The molecule has 0 aliphatic heterocycles. The third-order valence-electron chi connectivity index (χ3n) is 6.34. The highest BCUT2D eigenvalue weighted by atomic mass is 16.2. The monoisotopic (exact) mass is 419 g/mol. The lowest BCUT2D eigenvalue weighted by molar-refractivity contribution is 0.0953. The molecule has 0 heterocycles. The van der Waals surface area contributed by atoms with Gasteiger partial charge in [-0.1, -0.05) is 62.4 Å². The second kappa shape index (κ2) is 7.66. The van der Waals surface area contributed by atoms with Crippen LogP contribution < -0.4 is 16.2 Å². The zero-order valence-electron chi connectivity index (χ0n) is 18.2. The van der Waals surface area contributed by atoms with Crippen LogP contribution in [0.2, 0.25) is 0 Å². The van der Waals surface area contributed by atoms with Crippen molar-refractivity contribution >= 4 is 23.0 Å². The highest BCUT2D eigenvalue weighted by Crippen LogP contribution is 2.50. The molecule has 0 fully saturated rings. The Morgan fingerprint density at radius 3 is 1.81 bits per heavy atom. The van der Waals surface area contributed by atoms with E-state index in [0.717, 1.165) is 28.2 Å². The Labute approximate surface area is 188 Å². The van der Waals surface area contributed by atoms with E-state index in [1.165, 1.54) is 11.1 Å². The van der Waals surface area contributed by atoms with E-state index in [2.05, 4.69) is 90.9 Å². The number of rotatable bonds is 4. The number of amides is 1. The number of nitrogen functional groups attached to an aromatic ring is 1. The van der Waals surface area contributed by atoms with E-state index in [1.54, 1.807) is 0 Å². The van der Waals surface area contributed by atoms with Gasteiger partial charge in [0.05, 0.1) is 0 Å². The summed E-state index contributed by atoms with van der Waals surface area (Å²) in [5, 5.41) is 0. The molecule has 0 radical (unpaired) electrons. The van der Waals surface area contributed by atoms with Gasteiger partial charge in [0.2, 0.25) is 0 Å². The fourth-order valence-electron chi connectivity index (χ4n) is 4.69. The van der Waals surface area contributed by atoms with Gasteiger partial charge in [-0.2, -0.15) is 0 Å². The predicted molar refractivity (Wildman–Crippen MR) is 130 cm³/mol. The molecule has 1 aliphatic rings. The van der Waals surface area contributed by atoms with E-state index >= 15 is 0 Å². The topological polar surface area (TPSA) is 58.4 Å². The van der Waals surface area contributed by atoms with E-state index in [1.807, 2.05) is 30.3 Å². The summed E-state index contributed by atoms with van der Waals surface area (Å²) in [6.45, 7) is 4.42. The normalized spacial score (nSPS) is 13.2. The summed E-state index contributed by atoms with van der Waals surface area (Å²) in [4.78, 5) is 14.4. The first-order valence-corrected chi connectivity index (χ1v) is 10.7. The number of carbonyl (C=O) groups is 1. The number of fused-ring (bicyclic) bond motifs is 3. The van der Waals surface area contributed by atoms with Gasteiger partial charge in [-0.3, -0.25) is 10.2 Å². The summed E-state index contributed by atoms with van der Waals surface area (Å²) in [5.74, 6) is 5.08. The molecule has 0 bridgehead atoms. The molecule has 0 unspecified atom stereocenters. The number of hydrogen-bond donors (Lipinski definition) is 2. The van der Waals surface area contributed by atoms with Crippen molar-refractivity contribution in [2.45, 2.75) is 19.3 Å². The molecule has 4 aromatic rings. The first kappa shape index (κ1) is 20.0. The number of hydrazine groups is 1. The Balaban J connectivity index is 1.65. The Hall–Kier alpha value is -3.89. The van der Waals surface area contributed by atoms with Crippen LogP contribution in [0, 0.1) is 0 Å². The van der Waals surface area contributed by atoms with Crippen molar-refractivity contribution in [3.63, 3.8) is 0 Å². The lowest BCUT2D eigenvalue weighted by Crippen LogP contribution is -2.30. The maximum Gasteiger partial charge on any atom is 0.265 e. The molecule has 0 saturated heterocycles. The van der Waals surface area contributed by atoms with Crippen molar-refractivity contribution in [2.24, 2.45) is 5.84 Å². The average Bonchev–Trinajstić information content (AvgIpc) is 3.06. The van der Waals surface area contributed by atoms with E-state index in [0.29, 0.717) is 5.56 Å². The lowest BCUT2D eigenvalue weighted by atomic mass is 9.81. The zero-order chi connectivity index (χ0) is 22.3. The molecule has 0 aromatic heterocycles. The van der Waals surface area contributed by atoms with Gasteiger partial charge in [0, 0.05) is 28.0 Å². The summed E-state index contributed by atoms with van der Waals surface area (Å²) in [5.41, 5.74) is 10.6. The summed E-state index contributed by atoms with van der Waals surface area (Å²) >= 11 is 0. The van der Waals surface area contributed by atoms with Crippen LogP contribution in [-0.2, 0) is 5.41 Å². The molecule has 5 rings (SSSR count). The van der Waals surface area contributed by atoms with Crippen LogP contribution in [0.15, 0.2) is 97.1 Å². The highest BCUT2D eigenvalue weighted by Gasteiger charge is 2.36. The van der Waals surface area contributed by atoms with Crippen LogP contribution in [0.3, 0.4) is 0 Å². The second-order valence-corrected chi connectivity index (χ2v) is 8.60. The maximum absolute atomic E-state index is 12.1. The number of benzene rings is 4. The second-order valence-electron chi connectivity index (χ2n) is 8.60. The lowest BCUT2D eigenvalue weighted by Gasteiger charge is -2.28. The van der Waals surface area contributed by atoms with Crippen molar-refractivity contribution in [1.29, 1.82) is 0 Å². The van der Waals surface area contributed by atoms with Crippen molar-refractivity contribution in [3.05, 3.63) is 114 Å². The summed E-state index contributed by atoms with van der Waals surface area (Å²) in [6.07, 6.45) is 0. The smallest absolute Gasteiger partial charge is 0.265 e. The van der Waals surface area contributed by atoms with Gasteiger partial charge in [0.25, 0.3) is 5.91 Å². The van der Waals surface area contributed by atoms with Crippen molar-refractivity contribution in [3.8, 4) is 11.1 Å². The van der Waals surface area contributed by atoms with Crippen LogP contribution >= 0.6 is 0 Å². The van der Waals surface area contributed by atoms with Crippen molar-refractivity contribution in [2.75, 3.05) is 4.90 Å². The molecule has 1 amide bonds. The number of nitrogens with one attached hydrogen (secondary N) is 1. The Bertz CT molecular complexity index is 1260. The first-order chi connectivity index (χ1) is 15.5. The third-order valence-corrected chi connectivity index (χ3v) is 6.34. The van der Waals surface area contributed by atoms with Gasteiger partial charge in [-0.15, -0.1) is 0 Å². The van der Waals surface area contributed by atoms with Gasteiger partial charge < -0.3 is 4.90 Å². The molecular weight excluding hydrogens is 394 g/mol. The summed E-state index contributed by atoms with van der Waals surface area (Å²) in [7, 11) is 0. The van der Waals surface area contributed by atoms with Crippen LogP contribution in [-0.4, -0.2) is 5.91 Å². The molecular formula is C28H25N3O. The minimum atomic E-state index is -0.278. The van der Waals surface area contributed by atoms with E-state index in [-0.39, 0.29) is 11.3 Å². The predicted octanol–water partition coefficient (Wildman–Crippen LogP) is 6.07. The minimum absolute atomic E-state index is 0.245. The van der Waals surface area contributed by atoms with Crippen LogP contribution in [0.5, 0.6) is 0 Å². The number of anilines is 3. The Morgan fingerprint density at radius 2 is 1.25 bits per heavy atom. The Morgan fingerprint density at radius 1 is 0.719 bits per heavy atom. The molecule has 4 heteroatoms. The molecule has 3 N–H and O–H groups in total. The third kappa shape index (κ3) is 3.17. The zero-order valence-corrected chi connectivity index (χ0v) is 18.2. The van der Waals surface area contributed by atoms with Crippen LogP contribution in [0.1, 0.15) is 35.3 Å². The van der Waals surface area contributed by atoms with Gasteiger partial charge >= 0.3 is 0 Å². The number of nitrogens with zero attached hydrogens (tertiary/aromatic N) is 1. The Kier molecular flexibility index (Phi) is 4.80. The average molecular weight is 420 g/mol. The van der Waals surface area contributed by atoms with Crippen LogP contribution in [0.25, 0.3) is 11.1 Å². The molecule has 4 aromatic carbocycles. The van der Waals surface area contributed by atoms with E-state index in [4.69, 9.17) is 5.84 Å². The number of nitrogens with two attached hydrogens (primary N) is 1. The fourth-order valence-corrected chi connectivity index (χ4v) is 4.69. The summed E-state index contributed by atoms with van der Waals surface area (Å²) < 4.78 is 0. The highest BCUT2D eigenvalue weighted by molar-refractivity contribution is 5.96. The van der Waals surface area contributed by atoms with Gasteiger partial charge in [-0.25, -0.2) is 5.84 Å². The molecule has 0 saturated carbocycles. The van der Waals surface area contributed by atoms with Crippen molar-refractivity contribution < 1.29 is 4.79 Å². The molecule has 158 valence electrons. The fraction of sp³-hybridized carbons (Fsp3) is 0.107. The van der Waals surface area contributed by atoms with Gasteiger partial charge in [0.1, 0.15) is 0 Å². The molecule has 1 aliphatic carbocycles. The summed E-state index contributed by atoms with van der Waals surface area (Å²) in [6, 6.07) is 33.3. The van der Waals surface area contributed by atoms with Gasteiger partial charge in [-0.05, 0) is 70.8 Å². The maximum atomic E-state index is 12.1. The minimum Gasteiger partial charge on any atom is -0.310 e. The molecule has 0 spiro atoms. The van der Waals surface area contributed by atoms with E-state index in [9.17, 15) is 4.79 Å². The quantitative estimate of drug-likeness (QED) is 0.240. The number of hydrogen-bond acceptors (Lipinski definition) is 3. The van der Waals surface area contributed by atoms with E-state index < -0.39 is 0 Å². The SMILES string of the molecule is CC1(C)c2cc(C(=O)NN)ccc2-c2ccc(N(c3ccccc3)c3ccccc3)cc21. The van der Waals surface area contributed by atoms with Crippen molar-refractivity contribution in [1.82, 2.24) is 5.43 Å². The number of carbonyl (C=O) groups excluding carboxylic acids is 1. The molecule has 4 nitrogen and oxygen atoms in total. The molecule has 0 atom stereocenters. The first-order valence-electron chi connectivity index (χ1n) is 10.7. The molecule has 32 heavy (non-hydrogen) atoms. The number of para-hydroxylation sites is 2. The largest absolute Gasteiger partial charge is 0.310 e. The standard InChI is InChI=1S/C28H25N3O/c1-28(2)25-17-19(27(32)30-29)13-15-23(25)24-16-14-22(18-26(24)28)31(20-9-5-3-6-10-20)21-11-7-4-8-12-21/h3-18H,29H2,1-2H3,(H,30,32). The van der Waals surface area contributed by atoms with Gasteiger partial charge in [0.15, 0.2) is 0 Å².